The highest BCUT2D eigenvalue weighted by atomic mass is 32.2. The van der Waals surface area contributed by atoms with Crippen molar-refractivity contribution in [2.75, 3.05) is 12.0 Å². The Kier molecular flexibility index (Phi) is 5.35. The average Bonchev–Trinajstić information content (AvgIpc) is 2.29. The highest BCUT2D eigenvalue weighted by Gasteiger charge is 2.47. The van der Waals surface area contributed by atoms with E-state index in [1.807, 2.05) is 20.8 Å². The molecule has 1 fully saturated rings. The summed E-state index contributed by atoms with van der Waals surface area (Å²) in [5, 5.41) is 2.80. The second-order valence-corrected chi connectivity index (χ2v) is 7.99. The van der Waals surface area contributed by atoms with Gasteiger partial charge in [-0.25, -0.2) is 0 Å². The van der Waals surface area contributed by atoms with Crippen molar-refractivity contribution in [2.24, 2.45) is 5.92 Å². The van der Waals surface area contributed by atoms with Crippen LogP contribution in [0.25, 0.3) is 0 Å². The van der Waals surface area contributed by atoms with Gasteiger partial charge in [-0.15, -0.1) is 0 Å². The molecule has 0 radical (unpaired) electrons. The molecule has 1 saturated heterocycles. The molecular formula is C14H26N2O3S. The third kappa shape index (κ3) is 3.59. The molecule has 5 nitrogen and oxygen atoms in total. The van der Waals surface area contributed by atoms with Crippen LogP contribution in [-0.2, 0) is 20.4 Å². The van der Waals surface area contributed by atoms with Crippen molar-refractivity contribution in [2.45, 2.75) is 58.7 Å². The maximum atomic E-state index is 12.6. The van der Waals surface area contributed by atoms with E-state index in [-0.39, 0.29) is 23.8 Å². The summed E-state index contributed by atoms with van der Waals surface area (Å²) in [6, 6.07) is -0.542. The molecule has 0 saturated carbocycles. The van der Waals surface area contributed by atoms with E-state index in [1.54, 1.807) is 25.0 Å². The summed E-state index contributed by atoms with van der Waals surface area (Å²) in [6.45, 7) is 9.25. The van der Waals surface area contributed by atoms with E-state index in [2.05, 4.69) is 5.32 Å². The van der Waals surface area contributed by atoms with Crippen LogP contribution in [0.1, 0.15) is 41.0 Å². The molecule has 0 aromatic carbocycles. The van der Waals surface area contributed by atoms with Gasteiger partial charge in [-0.2, -0.15) is 0 Å². The van der Waals surface area contributed by atoms with Crippen LogP contribution < -0.4 is 5.32 Å². The number of nitrogens with one attached hydrogen (secondary N) is 1. The lowest BCUT2D eigenvalue weighted by atomic mass is 9.90. The fraction of sp³-hybridized carbons (Fsp3) is 0.857. The Morgan fingerprint density at radius 1 is 1.30 bits per heavy atom. The monoisotopic (exact) mass is 302 g/mol. The summed E-state index contributed by atoms with van der Waals surface area (Å²) in [5.41, 5.74) is -0.873. The van der Waals surface area contributed by atoms with Crippen molar-refractivity contribution in [3.05, 3.63) is 0 Å². The molecule has 1 N–H and O–H groups in total. The molecule has 0 spiro atoms. The molecule has 6 heteroatoms. The Labute approximate surface area is 123 Å². The molecule has 0 aromatic rings. The lowest BCUT2D eigenvalue weighted by Gasteiger charge is -2.47. The molecule has 1 rings (SSSR count). The molecule has 0 aliphatic carbocycles. The molecular weight excluding hydrogens is 276 g/mol. The second kappa shape index (κ2) is 6.24. The molecule has 116 valence electrons. The van der Waals surface area contributed by atoms with Crippen molar-refractivity contribution in [1.82, 2.24) is 10.2 Å². The quantitative estimate of drug-likeness (QED) is 0.821. The summed E-state index contributed by atoms with van der Waals surface area (Å²) in [6.07, 6.45) is 2.29. The second-order valence-electron chi connectivity index (χ2n) is 6.43. The average molecular weight is 302 g/mol. The lowest BCUT2D eigenvalue weighted by Crippen LogP contribution is -2.70. The van der Waals surface area contributed by atoms with Crippen molar-refractivity contribution in [3.63, 3.8) is 0 Å². The van der Waals surface area contributed by atoms with E-state index in [4.69, 9.17) is 0 Å². The van der Waals surface area contributed by atoms with E-state index >= 15 is 0 Å². The SMILES string of the molecule is CC(C)C1C(=O)NC(C)(C)C(=O)N1C(C)CCS(C)=O. The summed E-state index contributed by atoms with van der Waals surface area (Å²) in [5.74, 6) is 0.418. The van der Waals surface area contributed by atoms with Crippen molar-refractivity contribution in [3.8, 4) is 0 Å². The fourth-order valence-corrected chi connectivity index (χ4v) is 3.26. The van der Waals surface area contributed by atoms with Gasteiger partial charge in [0.2, 0.25) is 11.8 Å². The standard InChI is InChI=1S/C14H26N2O3S/c1-9(2)11-12(17)15-14(4,5)13(18)16(11)10(3)7-8-20(6)19/h9-11H,7-8H2,1-6H3,(H,15,17). The number of rotatable bonds is 5. The van der Waals surface area contributed by atoms with Gasteiger partial charge in [0.15, 0.2) is 0 Å². The van der Waals surface area contributed by atoms with E-state index in [1.165, 1.54) is 0 Å². The van der Waals surface area contributed by atoms with Crippen LogP contribution in [0.15, 0.2) is 0 Å². The minimum absolute atomic E-state index is 0.0459. The predicted molar refractivity (Wildman–Crippen MR) is 80.7 cm³/mol. The normalized spacial score (nSPS) is 25.6. The van der Waals surface area contributed by atoms with Crippen LogP contribution in [-0.4, -0.2) is 50.6 Å². The summed E-state index contributed by atoms with van der Waals surface area (Å²) < 4.78 is 11.2. The van der Waals surface area contributed by atoms with Gasteiger partial charge < -0.3 is 10.2 Å². The van der Waals surface area contributed by atoms with E-state index in [0.717, 1.165) is 0 Å². The number of amides is 2. The smallest absolute Gasteiger partial charge is 0.248 e. The van der Waals surface area contributed by atoms with Gasteiger partial charge in [0.1, 0.15) is 11.6 Å². The van der Waals surface area contributed by atoms with E-state index in [0.29, 0.717) is 12.2 Å². The minimum Gasteiger partial charge on any atom is -0.340 e. The molecule has 1 aliphatic heterocycles. The van der Waals surface area contributed by atoms with Gasteiger partial charge in [0.25, 0.3) is 0 Å². The van der Waals surface area contributed by atoms with Gasteiger partial charge in [-0.3, -0.25) is 13.8 Å². The van der Waals surface area contributed by atoms with Crippen LogP contribution in [0.4, 0.5) is 0 Å². The maximum Gasteiger partial charge on any atom is 0.248 e. The lowest BCUT2D eigenvalue weighted by molar-refractivity contribution is -0.158. The Balaban J connectivity index is 3.02. The van der Waals surface area contributed by atoms with Gasteiger partial charge >= 0.3 is 0 Å². The van der Waals surface area contributed by atoms with Crippen LogP contribution in [0.5, 0.6) is 0 Å². The largest absolute Gasteiger partial charge is 0.340 e. The summed E-state index contributed by atoms with van der Waals surface area (Å²) in [4.78, 5) is 26.6. The number of hydrogen-bond acceptors (Lipinski definition) is 3. The number of carbonyl (C=O) groups is 2. The minimum atomic E-state index is -0.890. The number of nitrogens with zero attached hydrogens (tertiary/aromatic N) is 1. The van der Waals surface area contributed by atoms with Crippen molar-refractivity contribution >= 4 is 22.6 Å². The first-order valence-electron chi connectivity index (χ1n) is 7.02. The first kappa shape index (κ1) is 17.1. The van der Waals surface area contributed by atoms with E-state index < -0.39 is 22.4 Å². The third-order valence-corrected chi connectivity index (χ3v) is 4.51. The van der Waals surface area contributed by atoms with E-state index in [9.17, 15) is 13.8 Å². The number of hydrogen-bond donors (Lipinski definition) is 1. The maximum absolute atomic E-state index is 12.6. The zero-order valence-corrected chi connectivity index (χ0v) is 14.0. The van der Waals surface area contributed by atoms with Gasteiger partial charge in [-0.05, 0) is 33.1 Å². The first-order chi connectivity index (χ1) is 9.08. The molecule has 0 aromatic heterocycles. The van der Waals surface area contributed by atoms with Crippen LogP contribution in [0.3, 0.4) is 0 Å². The predicted octanol–water partition coefficient (Wildman–Crippen LogP) is 0.905. The van der Waals surface area contributed by atoms with Crippen molar-refractivity contribution in [1.29, 1.82) is 0 Å². The molecule has 3 unspecified atom stereocenters. The van der Waals surface area contributed by atoms with Crippen LogP contribution >= 0.6 is 0 Å². The summed E-state index contributed by atoms with van der Waals surface area (Å²) >= 11 is 0. The first-order valence-corrected chi connectivity index (χ1v) is 8.75. The molecule has 1 aliphatic rings. The Bertz CT molecular complexity index is 421. The highest BCUT2D eigenvalue weighted by Crippen LogP contribution is 2.26. The van der Waals surface area contributed by atoms with Crippen molar-refractivity contribution < 1.29 is 13.8 Å². The topological polar surface area (TPSA) is 66.5 Å². The fourth-order valence-electron chi connectivity index (χ4n) is 2.58. The van der Waals surface area contributed by atoms with Gasteiger partial charge in [0, 0.05) is 28.9 Å². The molecule has 1 heterocycles. The Hall–Kier alpha value is -0.910. The molecule has 3 atom stereocenters. The molecule has 0 bridgehead atoms. The Morgan fingerprint density at radius 3 is 2.30 bits per heavy atom. The molecule has 2 amide bonds. The number of carbonyl (C=O) groups excluding carboxylic acids is 2. The summed E-state index contributed by atoms with van der Waals surface area (Å²) in [7, 11) is -0.890. The van der Waals surface area contributed by atoms with Crippen LogP contribution in [0.2, 0.25) is 0 Å². The number of piperazine rings is 1. The van der Waals surface area contributed by atoms with Gasteiger partial charge in [-0.1, -0.05) is 13.8 Å². The zero-order chi connectivity index (χ0) is 15.7. The van der Waals surface area contributed by atoms with Gasteiger partial charge in [0.05, 0.1) is 0 Å². The molecule has 20 heavy (non-hydrogen) atoms. The highest BCUT2D eigenvalue weighted by molar-refractivity contribution is 7.84. The zero-order valence-electron chi connectivity index (χ0n) is 13.2. The van der Waals surface area contributed by atoms with Crippen LogP contribution in [0, 0.1) is 5.92 Å². The Morgan fingerprint density at radius 2 is 1.85 bits per heavy atom. The third-order valence-electron chi connectivity index (χ3n) is 3.70.